The summed E-state index contributed by atoms with van der Waals surface area (Å²) in [5.41, 5.74) is 0.800. The van der Waals surface area contributed by atoms with E-state index in [-0.39, 0.29) is 0 Å². The molecule has 0 aliphatic carbocycles. The number of carbonyl (C=O) groups is 1. The van der Waals surface area contributed by atoms with E-state index in [1.165, 1.54) is 0 Å². The number of aliphatic carboxylic acids is 1. The summed E-state index contributed by atoms with van der Waals surface area (Å²) in [4.78, 5) is 10.6. The molecule has 1 atom stereocenters. The molecule has 0 aliphatic heterocycles. The SMILES string of the molecule is CC(NCCc1nnc2ccccn12)C(=O)O. The molecule has 0 aliphatic rings. The van der Waals surface area contributed by atoms with Crippen molar-refractivity contribution in [3.8, 4) is 0 Å². The Morgan fingerprint density at radius 3 is 3.12 bits per heavy atom. The van der Waals surface area contributed by atoms with Crippen molar-refractivity contribution in [2.75, 3.05) is 6.54 Å². The molecule has 0 aromatic carbocycles. The van der Waals surface area contributed by atoms with Crippen LogP contribution in [0.15, 0.2) is 24.4 Å². The molecule has 0 saturated carbocycles. The fraction of sp³-hybridized carbons (Fsp3) is 0.364. The van der Waals surface area contributed by atoms with Crippen LogP contribution < -0.4 is 5.32 Å². The molecule has 2 N–H and O–H groups in total. The number of nitrogens with zero attached hydrogens (tertiary/aromatic N) is 3. The van der Waals surface area contributed by atoms with E-state index in [1.54, 1.807) is 6.92 Å². The van der Waals surface area contributed by atoms with Crippen molar-refractivity contribution in [3.63, 3.8) is 0 Å². The fourth-order valence-electron chi connectivity index (χ4n) is 1.55. The van der Waals surface area contributed by atoms with E-state index in [0.29, 0.717) is 13.0 Å². The number of carboxylic acid groups (broad SMARTS) is 1. The first kappa shape index (κ1) is 11.5. The third kappa shape index (κ3) is 2.59. The van der Waals surface area contributed by atoms with E-state index < -0.39 is 12.0 Å². The first-order valence-electron chi connectivity index (χ1n) is 5.43. The van der Waals surface area contributed by atoms with Crippen LogP contribution >= 0.6 is 0 Å². The van der Waals surface area contributed by atoms with Crippen molar-refractivity contribution in [2.45, 2.75) is 19.4 Å². The molecule has 0 amide bonds. The zero-order valence-electron chi connectivity index (χ0n) is 9.50. The van der Waals surface area contributed by atoms with Gasteiger partial charge >= 0.3 is 5.97 Å². The molecule has 6 nitrogen and oxygen atoms in total. The van der Waals surface area contributed by atoms with Crippen LogP contribution in [0.2, 0.25) is 0 Å². The zero-order valence-corrected chi connectivity index (χ0v) is 9.50. The lowest BCUT2D eigenvalue weighted by atomic mass is 10.3. The van der Waals surface area contributed by atoms with Gasteiger partial charge in [-0.05, 0) is 19.1 Å². The molecule has 0 fully saturated rings. The van der Waals surface area contributed by atoms with Gasteiger partial charge in [-0.3, -0.25) is 9.20 Å². The molecule has 0 saturated heterocycles. The third-order valence-electron chi connectivity index (χ3n) is 2.55. The van der Waals surface area contributed by atoms with Crippen molar-refractivity contribution >= 4 is 11.6 Å². The molecule has 2 aromatic heterocycles. The van der Waals surface area contributed by atoms with Gasteiger partial charge in [-0.25, -0.2) is 0 Å². The first-order valence-corrected chi connectivity index (χ1v) is 5.43. The molecule has 90 valence electrons. The molecule has 1 unspecified atom stereocenters. The Hall–Kier alpha value is -1.95. The smallest absolute Gasteiger partial charge is 0.320 e. The Morgan fingerprint density at radius 1 is 1.53 bits per heavy atom. The lowest BCUT2D eigenvalue weighted by Gasteiger charge is -2.07. The average Bonchev–Trinajstić information content (AvgIpc) is 2.72. The quantitative estimate of drug-likeness (QED) is 0.779. The summed E-state index contributed by atoms with van der Waals surface area (Å²) in [5, 5.41) is 19.7. The van der Waals surface area contributed by atoms with Crippen molar-refractivity contribution in [2.24, 2.45) is 0 Å². The topological polar surface area (TPSA) is 79.5 Å². The van der Waals surface area contributed by atoms with Crippen LogP contribution in [0.25, 0.3) is 5.65 Å². The highest BCUT2D eigenvalue weighted by atomic mass is 16.4. The maximum atomic E-state index is 10.6. The van der Waals surface area contributed by atoms with E-state index in [1.807, 2.05) is 28.8 Å². The second-order valence-corrected chi connectivity index (χ2v) is 3.81. The third-order valence-corrected chi connectivity index (χ3v) is 2.55. The van der Waals surface area contributed by atoms with Gasteiger partial charge in [-0.2, -0.15) is 0 Å². The van der Waals surface area contributed by atoms with Crippen molar-refractivity contribution in [3.05, 3.63) is 30.2 Å². The van der Waals surface area contributed by atoms with E-state index in [9.17, 15) is 4.79 Å². The second kappa shape index (κ2) is 4.92. The minimum Gasteiger partial charge on any atom is -0.480 e. The summed E-state index contributed by atoms with van der Waals surface area (Å²) in [6.45, 7) is 2.17. The van der Waals surface area contributed by atoms with Crippen molar-refractivity contribution < 1.29 is 9.90 Å². The first-order chi connectivity index (χ1) is 8.18. The highest BCUT2D eigenvalue weighted by Gasteiger charge is 2.10. The van der Waals surface area contributed by atoms with Crippen LogP contribution in [0, 0.1) is 0 Å². The molecule has 17 heavy (non-hydrogen) atoms. The molecule has 0 spiro atoms. The van der Waals surface area contributed by atoms with Gasteiger partial charge in [0.1, 0.15) is 11.9 Å². The summed E-state index contributed by atoms with van der Waals surface area (Å²) in [5.74, 6) is -0.0261. The number of pyridine rings is 1. The van der Waals surface area contributed by atoms with Crippen LogP contribution in [0.1, 0.15) is 12.7 Å². The normalized spacial score (nSPS) is 12.8. The number of hydrogen-bond acceptors (Lipinski definition) is 4. The largest absolute Gasteiger partial charge is 0.480 e. The van der Waals surface area contributed by atoms with Gasteiger partial charge in [-0.1, -0.05) is 6.07 Å². The summed E-state index contributed by atoms with van der Waals surface area (Å²) < 4.78 is 1.90. The predicted octanol–water partition coefficient (Wildman–Crippen LogP) is 0.334. The number of rotatable bonds is 5. The van der Waals surface area contributed by atoms with E-state index in [2.05, 4.69) is 15.5 Å². The van der Waals surface area contributed by atoms with Gasteiger partial charge in [0, 0.05) is 19.2 Å². The van der Waals surface area contributed by atoms with E-state index in [0.717, 1.165) is 11.5 Å². The fourth-order valence-corrected chi connectivity index (χ4v) is 1.55. The second-order valence-electron chi connectivity index (χ2n) is 3.81. The summed E-state index contributed by atoms with van der Waals surface area (Å²) >= 11 is 0. The Labute approximate surface area is 98.3 Å². The van der Waals surface area contributed by atoms with Crippen LogP contribution in [0.3, 0.4) is 0 Å². The minimum absolute atomic E-state index is 0.547. The van der Waals surface area contributed by atoms with Crippen LogP contribution in [-0.4, -0.2) is 38.3 Å². The molecule has 0 bridgehead atoms. The number of hydrogen-bond donors (Lipinski definition) is 2. The van der Waals surface area contributed by atoms with Gasteiger partial charge in [0.15, 0.2) is 5.65 Å². The van der Waals surface area contributed by atoms with Gasteiger partial charge in [0.05, 0.1) is 0 Å². The highest BCUT2D eigenvalue weighted by molar-refractivity contribution is 5.72. The number of nitrogens with one attached hydrogen (secondary N) is 1. The monoisotopic (exact) mass is 234 g/mol. The average molecular weight is 234 g/mol. The Kier molecular flexibility index (Phi) is 3.34. The standard InChI is InChI=1S/C11H14N4O2/c1-8(11(16)17)12-6-5-10-14-13-9-4-2-3-7-15(9)10/h2-4,7-8,12H,5-6H2,1H3,(H,16,17). The molecule has 0 radical (unpaired) electrons. The van der Waals surface area contributed by atoms with Crippen LogP contribution in [-0.2, 0) is 11.2 Å². The lowest BCUT2D eigenvalue weighted by Crippen LogP contribution is -2.35. The maximum Gasteiger partial charge on any atom is 0.320 e. The number of carboxylic acids is 1. The zero-order chi connectivity index (χ0) is 12.3. The molecule has 2 heterocycles. The summed E-state index contributed by atoms with van der Waals surface area (Å²) in [7, 11) is 0. The van der Waals surface area contributed by atoms with Gasteiger partial charge < -0.3 is 10.4 Å². The molecule has 6 heteroatoms. The van der Waals surface area contributed by atoms with Crippen LogP contribution in [0.5, 0.6) is 0 Å². The number of fused-ring (bicyclic) bond motifs is 1. The van der Waals surface area contributed by atoms with Crippen molar-refractivity contribution in [1.29, 1.82) is 0 Å². The predicted molar refractivity (Wildman–Crippen MR) is 61.8 cm³/mol. The van der Waals surface area contributed by atoms with Gasteiger partial charge in [0.25, 0.3) is 0 Å². The lowest BCUT2D eigenvalue weighted by molar-refractivity contribution is -0.138. The number of aromatic nitrogens is 3. The molecular formula is C11H14N4O2. The molecule has 2 aromatic rings. The minimum atomic E-state index is -0.851. The Morgan fingerprint density at radius 2 is 2.35 bits per heavy atom. The molecule has 2 rings (SSSR count). The summed E-state index contributed by atoms with van der Waals surface area (Å²) in [6, 6.07) is 5.14. The van der Waals surface area contributed by atoms with E-state index in [4.69, 9.17) is 5.11 Å². The Balaban J connectivity index is 1.98. The highest BCUT2D eigenvalue weighted by Crippen LogP contribution is 2.02. The van der Waals surface area contributed by atoms with Gasteiger partial charge in [0.2, 0.25) is 0 Å². The Bertz CT molecular complexity index is 523. The van der Waals surface area contributed by atoms with E-state index >= 15 is 0 Å². The summed E-state index contributed by atoms with van der Waals surface area (Å²) in [6.07, 6.45) is 2.54. The molecular weight excluding hydrogens is 220 g/mol. The van der Waals surface area contributed by atoms with Gasteiger partial charge in [-0.15, -0.1) is 10.2 Å². The van der Waals surface area contributed by atoms with Crippen molar-refractivity contribution in [1.82, 2.24) is 19.9 Å². The van der Waals surface area contributed by atoms with Crippen LogP contribution in [0.4, 0.5) is 0 Å². The maximum absolute atomic E-state index is 10.6.